The van der Waals surface area contributed by atoms with Crippen LogP contribution in [0.5, 0.6) is 0 Å². The summed E-state index contributed by atoms with van der Waals surface area (Å²) in [6.45, 7) is 3.08. The number of furan rings is 1. The fraction of sp³-hybridized carbons (Fsp3) is 0.241. The number of alkyl halides is 2. The molecule has 0 saturated carbocycles. The van der Waals surface area contributed by atoms with E-state index < -0.39 is 5.76 Å². The van der Waals surface area contributed by atoms with Crippen LogP contribution in [-0.2, 0) is 4.74 Å². The molecule has 9 heteroatoms. The topological polar surface area (TPSA) is 50.3 Å². The largest absolute Gasteiger partial charge is 0.455 e. The summed E-state index contributed by atoms with van der Waals surface area (Å²) in [5, 5.41) is 9.25. The molecule has 1 saturated heterocycles. The Hall–Kier alpha value is -3.20. The Bertz CT molecular complexity index is 1360. The highest BCUT2D eigenvalue weighted by Gasteiger charge is 2.25. The van der Waals surface area contributed by atoms with Crippen molar-refractivity contribution >= 4 is 41.9 Å². The average molecular weight is 554 g/mol. The number of benzene rings is 2. The molecule has 0 bridgehead atoms. The van der Waals surface area contributed by atoms with Crippen LogP contribution in [-0.4, -0.2) is 49.4 Å². The Kier molecular flexibility index (Phi) is 8.73. The third-order valence-electron chi connectivity index (χ3n) is 6.27. The van der Waals surface area contributed by atoms with E-state index in [-0.39, 0.29) is 0 Å². The minimum absolute atomic E-state index is 0.510. The van der Waals surface area contributed by atoms with Crippen molar-refractivity contribution in [2.45, 2.75) is 23.5 Å². The van der Waals surface area contributed by atoms with Gasteiger partial charge in [0, 0.05) is 34.3 Å². The zero-order chi connectivity index (χ0) is 26.3. The van der Waals surface area contributed by atoms with Gasteiger partial charge in [0.05, 0.1) is 25.6 Å². The van der Waals surface area contributed by atoms with Crippen molar-refractivity contribution in [1.82, 2.24) is 4.90 Å². The van der Waals surface area contributed by atoms with E-state index in [4.69, 9.17) is 20.8 Å². The molecule has 2 heterocycles. The Labute approximate surface area is 229 Å². The van der Waals surface area contributed by atoms with E-state index in [0.717, 1.165) is 47.7 Å². The van der Waals surface area contributed by atoms with Crippen molar-refractivity contribution in [2.75, 3.05) is 26.3 Å². The van der Waals surface area contributed by atoms with Crippen molar-refractivity contribution < 1.29 is 17.9 Å². The Morgan fingerprint density at radius 2 is 1.63 bits per heavy atom. The second-order valence-corrected chi connectivity index (χ2v) is 10.3. The second kappa shape index (κ2) is 12.6. The Morgan fingerprint density at radius 1 is 0.895 bits per heavy atom. The number of thioether (sulfide) groups is 1. The lowest BCUT2D eigenvalue weighted by Crippen LogP contribution is -2.36. The molecule has 1 aliphatic carbocycles. The lowest BCUT2D eigenvalue weighted by molar-refractivity contribution is 0.0548. The van der Waals surface area contributed by atoms with Crippen LogP contribution in [0.1, 0.15) is 24.2 Å². The molecular formula is C29H26ClF2N3O2S. The monoisotopic (exact) mass is 553 g/mol. The third-order valence-corrected chi connectivity index (χ3v) is 7.24. The Balaban J connectivity index is 1.30. The van der Waals surface area contributed by atoms with E-state index in [1.807, 2.05) is 36.5 Å². The normalized spacial score (nSPS) is 17.7. The number of morpholine rings is 1. The van der Waals surface area contributed by atoms with Crippen LogP contribution < -0.4 is 0 Å². The first-order valence-electron chi connectivity index (χ1n) is 12.3. The van der Waals surface area contributed by atoms with Gasteiger partial charge in [0.1, 0.15) is 11.5 Å². The van der Waals surface area contributed by atoms with Gasteiger partial charge in [-0.15, -0.1) is 0 Å². The van der Waals surface area contributed by atoms with Crippen molar-refractivity contribution in [3.05, 3.63) is 93.9 Å². The number of nitrogens with zero attached hydrogens (tertiary/aromatic N) is 3. The predicted octanol–water partition coefficient (Wildman–Crippen LogP) is 7.78. The van der Waals surface area contributed by atoms with Crippen LogP contribution in [0.4, 0.5) is 8.78 Å². The third kappa shape index (κ3) is 6.81. The summed E-state index contributed by atoms with van der Waals surface area (Å²) in [7, 11) is 0. The molecule has 5 nitrogen and oxygen atoms in total. The van der Waals surface area contributed by atoms with Gasteiger partial charge in [0.2, 0.25) is 0 Å². The van der Waals surface area contributed by atoms with E-state index in [0.29, 0.717) is 41.4 Å². The van der Waals surface area contributed by atoms with Gasteiger partial charge >= 0.3 is 0 Å². The highest BCUT2D eigenvalue weighted by Crippen LogP contribution is 2.35. The molecule has 3 aromatic rings. The van der Waals surface area contributed by atoms with E-state index in [2.05, 4.69) is 21.2 Å². The molecule has 0 unspecified atom stereocenters. The highest BCUT2D eigenvalue weighted by molar-refractivity contribution is 7.99. The van der Waals surface area contributed by atoms with Gasteiger partial charge in [-0.2, -0.15) is 19.0 Å². The SMILES string of the molecule is FC(F)Sc1ccc(-c2ccc(/C=N/N=C/C3=C(N4CCOCC4)C(=C/c4ccc(Cl)cc4)/CC3)o2)cc1. The Morgan fingerprint density at radius 3 is 2.37 bits per heavy atom. The van der Waals surface area contributed by atoms with Crippen molar-refractivity contribution in [1.29, 1.82) is 0 Å². The first kappa shape index (κ1) is 26.4. The predicted molar refractivity (Wildman–Crippen MR) is 150 cm³/mol. The molecule has 1 fully saturated rings. The minimum Gasteiger partial charge on any atom is -0.455 e. The van der Waals surface area contributed by atoms with E-state index in [1.54, 1.807) is 36.5 Å². The van der Waals surface area contributed by atoms with Crippen LogP contribution in [0.3, 0.4) is 0 Å². The van der Waals surface area contributed by atoms with Crippen LogP contribution in [0, 0.1) is 0 Å². The second-order valence-electron chi connectivity index (χ2n) is 8.79. The summed E-state index contributed by atoms with van der Waals surface area (Å²) < 4.78 is 36.5. The molecule has 196 valence electrons. The summed E-state index contributed by atoms with van der Waals surface area (Å²) in [4.78, 5) is 2.88. The van der Waals surface area contributed by atoms with Gasteiger partial charge in [-0.3, -0.25) is 0 Å². The van der Waals surface area contributed by atoms with Crippen molar-refractivity contribution in [3.63, 3.8) is 0 Å². The fourth-order valence-corrected chi connectivity index (χ4v) is 5.13. The molecule has 5 rings (SSSR count). The van der Waals surface area contributed by atoms with Gasteiger partial charge in [-0.1, -0.05) is 47.6 Å². The van der Waals surface area contributed by atoms with Gasteiger partial charge in [0.25, 0.3) is 5.76 Å². The quantitative estimate of drug-likeness (QED) is 0.162. The number of ether oxygens (including phenoxy) is 1. The number of allylic oxidation sites excluding steroid dienone is 2. The molecule has 1 aliphatic heterocycles. The van der Waals surface area contributed by atoms with Crippen LogP contribution in [0.15, 0.2) is 97.0 Å². The minimum atomic E-state index is -2.44. The zero-order valence-electron chi connectivity index (χ0n) is 20.5. The van der Waals surface area contributed by atoms with Gasteiger partial charge in [-0.25, -0.2) is 0 Å². The first-order valence-corrected chi connectivity index (χ1v) is 13.5. The molecule has 0 atom stereocenters. The summed E-state index contributed by atoms with van der Waals surface area (Å²) in [6.07, 6.45) is 7.42. The standard InChI is InChI=1S/C29H26ClF2N3O2S/c30-24-7-1-20(2-8-24)17-22-3-4-23(28(22)35-13-15-36-16-14-35)18-33-34-19-25-9-12-27(37-25)21-5-10-26(11-6-21)38-29(31)32/h1-2,5-12,17-19,29H,3-4,13-16H2/b22-17+,33-18+,34-19+. The van der Waals surface area contributed by atoms with Crippen molar-refractivity contribution in [3.8, 4) is 11.3 Å². The summed E-state index contributed by atoms with van der Waals surface area (Å²) in [6, 6.07) is 18.3. The maximum absolute atomic E-state index is 12.5. The lowest BCUT2D eigenvalue weighted by Gasteiger charge is -2.31. The van der Waals surface area contributed by atoms with Crippen LogP contribution >= 0.6 is 23.4 Å². The van der Waals surface area contributed by atoms with Gasteiger partial charge in [-0.05, 0) is 72.0 Å². The number of hydrogen-bond donors (Lipinski definition) is 0. The summed E-state index contributed by atoms with van der Waals surface area (Å²) in [5.41, 5.74) is 5.54. The number of hydrogen-bond acceptors (Lipinski definition) is 6. The molecule has 38 heavy (non-hydrogen) atoms. The summed E-state index contributed by atoms with van der Waals surface area (Å²) in [5.74, 6) is -1.25. The van der Waals surface area contributed by atoms with Gasteiger partial charge < -0.3 is 14.1 Å². The number of halogens is 3. The van der Waals surface area contributed by atoms with E-state index in [9.17, 15) is 8.78 Å². The molecule has 0 radical (unpaired) electrons. The molecule has 0 amide bonds. The molecule has 2 aliphatic rings. The maximum atomic E-state index is 12.5. The maximum Gasteiger partial charge on any atom is 0.288 e. The molecule has 0 spiro atoms. The van der Waals surface area contributed by atoms with Gasteiger partial charge in [0.15, 0.2) is 0 Å². The first-order chi connectivity index (χ1) is 18.5. The zero-order valence-corrected chi connectivity index (χ0v) is 22.1. The highest BCUT2D eigenvalue weighted by atomic mass is 35.5. The summed E-state index contributed by atoms with van der Waals surface area (Å²) >= 11 is 6.58. The van der Waals surface area contributed by atoms with Crippen LogP contribution in [0.2, 0.25) is 5.02 Å². The smallest absolute Gasteiger partial charge is 0.288 e. The van der Waals surface area contributed by atoms with E-state index in [1.165, 1.54) is 11.3 Å². The molecular weight excluding hydrogens is 528 g/mol. The molecule has 2 aromatic carbocycles. The molecule has 1 aromatic heterocycles. The van der Waals surface area contributed by atoms with E-state index >= 15 is 0 Å². The molecule has 0 N–H and O–H groups in total. The fourth-order valence-electron chi connectivity index (χ4n) is 4.50. The van der Waals surface area contributed by atoms with Crippen LogP contribution in [0.25, 0.3) is 17.4 Å². The lowest BCUT2D eigenvalue weighted by atomic mass is 10.1. The average Bonchev–Trinajstić information content (AvgIpc) is 3.56. The number of rotatable bonds is 8. The van der Waals surface area contributed by atoms with Crippen molar-refractivity contribution in [2.24, 2.45) is 10.2 Å².